The first kappa shape index (κ1) is 18.3. The van der Waals surface area contributed by atoms with Crippen LogP contribution in [0.25, 0.3) is 0 Å². The normalized spacial score (nSPS) is 24.7. The van der Waals surface area contributed by atoms with E-state index in [1.165, 1.54) is 4.31 Å². The van der Waals surface area contributed by atoms with E-state index in [0.29, 0.717) is 12.8 Å². The summed E-state index contributed by atoms with van der Waals surface area (Å²) in [5, 5.41) is 26.1. The number of nitriles is 1. The van der Waals surface area contributed by atoms with Crippen molar-refractivity contribution in [3.63, 3.8) is 0 Å². The molecule has 1 fully saturated rings. The first-order valence-electron chi connectivity index (χ1n) is 6.78. The maximum absolute atomic E-state index is 12.0. The molecule has 0 radical (unpaired) electrons. The Labute approximate surface area is 125 Å². The van der Waals surface area contributed by atoms with Crippen molar-refractivity contribution in [2.75, 3.05) is 19.6 Å². The minimum atomic E-state index is -3.70. The molecule has 0 aliphatic carbocycles. The molecular formula is C10H22BN5O4S. The standard InChI is InChI=1S/C10H22BN5O4S/c12-4-9(13)5-15-21(19,20)16-6-8(10(14)7-16)2-1-3-11(17)18/h8-10,15,17-18H,1-3,5-7,13-14H2/t8-,9-,10-/m0/s1. The second-order valence-corrected chi connectivity index (χ2v) is 7.00. The molecule has 0 unspecified atom stereocenters. The van der Waals surface area contributed by atoms with Crippen LogP contribution in [0.4, 0.5) is 0 Å². The predicted molar refractivity (Wildman–Crippen MR) is 77.8 cm³/mol. The third kappa shape index (κ3) is 5.87. The fourth-order valence-electron chi connectivity index (χ4n) is 2.25. The van der Waals surface area contributed by atoms with Gasteiger partial charge >= 0.3 is 7.12 Å². The van der Waals surface area contributed by atoms with E-state index in [4.69, 9.17) is 26.8 Å². The largest absolute Gasteiger partial charge is 0.451 e. The zero-order valence-electron chi connectivity index (χ0n) is 11.7. The van der Waals surface area contributed by atoms with Crippen molar-refractivity contribution >= 4 is 17.3 Å². The highest BCUT2D eigenvalue weighted by Gasteiger charge is 2.36. The highest BCUT2D eigenvalue weighted by molar-refractivity contribution is 7.87. The molecule has 1 heterocycles. The van der Waals surface area contributed by atoms with Crippen molar-refractivity contribution in [2.24, 2.45) is 17.4 Å². The van der Waals surface area contributed by atoms with Crippen LogP contribution in [0.1, 0.15) is 12.8 Å². The number of hydrogen-bond acceptors (Lipinski definition) is 7. The zero-order valence-corrected chi connectivity index (χ0v) is 12.5. The van der Waals surface area contributed by atoms with Crippen LogP contribution in [-0.4, -0.2) is 61.6 Å². The van der Waals surface area contributed by atoms with Gasteiger partial charge in [-0.2, -0.15) is 22.7 Å². The number of rotatable bonds is 8. The van der Waals surface area contributed by atoms with Crippen molar-refractivity contribution in [1.29, 1.82) is 5.26 Å². The van der Waals surface area contributed by atoms with E-state index < -0.39 is 23.4 Å². The summed E-state index contributed by atoms with van der Waals surface area (Å²) in [6.07, 6.45) is 1.43. The third-order valence-corrected chi connectivity index (χ3v) is 5.00. The van der Waals surface area contributed by atoms with Gasteiger partial charge in [-0.25, -0.2) is 0 Å². The minimum Gasteiger partial charge on any atom is -0.427 e. The fourth-order valence-corrected chi connectivity index (χ4v) is 3.58. The van der Waals surface area contributed by atoms with Crippen LogP contribution in [0.15, 0.2) is 0 Å². The molecule has 1 rings (SSSR count). The molecule has 1 aliphatic heterocycles. The second-order valence-electron chi connectivity index (χ2n) is 5.24. The van der Waals surface area contributed by atoms with E-state index in [1.807, 2.05) is 0 Å². The summed E-state index contributed by atoms with van der Waals surface area (Å²) in [5.74, 6) is -0.0232. The quantitative estimate of drug-likeness (QED) is 0.301. The predicted octanol–water partition coefficient (Wildman–Crippen LogP) is -2.82. The van der Waals surface area contributed by atoms with Gasteiger partial charge in [0.1, 0.15) is 6.04 Å². The lowest BCUT2D eigenvalue weighted by Gasteiger charge is -2.17. The summed E-state index contributed by atoms with van der Waals surface area (Å²) in [6, 6.07) is 0.564. The molecule has 0 bridgehead atoms. The first-order chi connectivity index (χ1) is 9.76. The van der Waals surface area contributed by atoms with Gasteiger partial charge in [0.25, 0.3) is 10.2 Å². The van der Waals surface area contributed by atoms with Gasteiger partial charge in [-0.1, -0.05) is 6.42 Å². The fraction of sp³-hybridized carbons (Fsp3) is 0.900. The topological polar surface area (TPSA) is 166 Å². The number of nitrogens with zero attached hydrogens (tertiary/aromatic N) is 2. The Morgan fingerprint density at radius 2 is 2.14 bits per heavy atom. The molecule has 0 aromatic carbocycles. The van der Waals surface area contributed by atoms with Gasteiger partial charge in [0.15, 0.2) is 0 Å². The zero-order chi connectivity index (χ0) is 16.0. The summed E-state index contributed by atoms with van der Waals surface area (Å²) in [6.45, 7) is 0.329. The van der Waals surface area contributed by atoms with E-state index >= 15 is 0 Å². The second kappa shape index (κ2) is 8.04. The van der Waals surface area contributed by atoms with Crippen molar-refractivity contribution < 1.29 is 18.5 Å². The Bertz CT molecular complexity index is 469. The molecule has 7 N–H and O–H groups in total. The van der Waals surface area contributed by atoms with Crippen LogP contribution in [0, 0.1) is 17.2 Å². The smallest absolute Gasteiger partial charge is 0.427 e. The molecule has 0 aromatic rings. The summed E-state index contributed by atoms with van der Waals surface area (Å²) in [4.78, 5) is 0. The van der Waals surface area contributed by atoms with E-state index in [2.05, 4.69) is 4.72 Å². The highest BCUT2D eigenvalue weighted by Crippen LogP contribution is 2.23. The summed E-state index contributed by atoms with van der Waals surface area (Å²) in [7, 11) is -5.05. The molecule has 0 amide bonds. The van der Waals surface area contributed by atoms with E-state index in [9.17, 15) is 8.42 Å². The minimum absolute atomic E-state index is 0.0232. The molecule has 21 heavy (non-hydrogen) atoms. The van der Waals surface area contributed by atoms with Crippen LogP contribution in [0.2, 0.25) is 6.32 Å². The molecule has 0 spiro atoms. The number of nitrogens with two attached hydrogens (primary N) is 2. The van der Waals surface area contributed by atoms with E-state index in [1.54, 1.807) is 6.07 Å². The molecule has 1 aliphatic rings. The number of hydrogen-bond donors (Lipinski definition) is 5. The van der Waals surface area contributed by atoms with Crippen molar-refractivity contribution in [1.82, 2.24) is 9.03 Å². The lowest BCUT2D eigenvalue weighted by Crippen LogP contribution is -2.44. The summed E-state index contributed by atoms with van der Waals surface area (Å²) < 4.78 is 27.6. The Morgan fingerprint density at radius 3 is 2.71 bits per heavy atom. The SMILES string of the molecule is N#C[C@H](N)CNS(=O)(=O)N1C[C@H](CCCB(O)O)[C@@H](N)C1. The van der Waals surface area contributed by atoms with Crippen molar-refractivity contribution in [3.8, 4) is 6.07 Å². The summed E-state index contributed by atoms with van der Waals surface area (Å²) >= 11 is 0. The molecule has 11 heteroatoms. The van der Waals surface area contributed by atoms with Gasteiger partial charge in [-0.05, 0) is 18.7 Å². The lowest BCUT2D eigenvalue weighted by molar-refractivity contribution is 0.390. The average molecular weight is 319 g/mol. The first-order valence-corrected chi connectivity index (χ1v) is 8.22. The Morgan fingerprint density at radius 1 is 1.48 bits per heavy atom. The maximum Gasteiger partial charge on any atom is 0.451 e. The molecule has 120 valence electrons. The Hall–Kier alpha value is -0.735. The molecule has 0 saturated carbocycles. The van der Waals surface area contributed by atoms with Crippen LogP contribution in [-0.2, 0) is 10.2 Å². The van der Waals surface area contributed by atoms with Gasteiger partial charge < -0.3 is 21.5 Å². The van der Waals surface area contributed by atoms with Crippen LogP contribution in [0.3, 0.4) is 0 Å². The number of nitrogens with one attached hydrogen (secondary N) is 1. The van der Waals surface area contributed by atoms with Gasteiger partial charge in [0, 0.05) is 25.7 Å². The van der Waals surface area contributed by atoms with Crippen molar-refractivity contribution in [2.45, 2.75) is 31.2 Å². The van der Waals surface area contributed by atoms with Gasteiger partial charge in [-0.3, -0.25) is 0 Å². The molecule has 1 saturated heterocycles. The monoisotopic (exact) mass is 319 g/mol. The Kier molecular flexibility index (Phi) is 7.02. The molecule has 9 nitrogen and oxygen atoms in total. The Balaban J connectivity index is 2.49. The van der Waals surface area contributed by atoms with Gasteiger partial charge in [0.05, 0.1) is 6.07 Å². The highest BCUT2D eigenvalue weighted by atomic mass is 32.2. The molecule has 3 atom stereocenters. The van der Waals surface area contributed by atoms with Crippen LogP contribution < -0.4 is 16.2 Å². The van der Waals surface area contributed by atoms with E-state index in [0.717, 1.165) is 0 Å². The van der Waals surface area contributed by atoms with Crippen molar-refractivity contribution in [3.05, 3.63) is 0 Å². The summed E-state index contributed by atoms with van der Waals surface area (Å²) in [5.41, 5.74) is 11.3. The van der Waals surface area contributed by atoms with Gasteiger partial charge in [0.2, 0.25) is 0 Å². The average Bonchev–Trinajstić information content (AvgIpc) is 2.78. The van der Waals surface area contributed by atoms with Crippen LogP contribution in [0.5, 0.6) is 0 Å². The third-order valence-electron chi connectivity index (χ3n) is 3.49. The van der Waals surface area contributed by atoms with Gasteiger partial charge in [-0.15, -0.1) is 0 Å². The van der Waals surface area contributed by atoms with E-state index in [-0.39, 0.29) is 37.9 Å². The lowest BCUT2D eigenvalue weighted by atomic mass is 9.82. The maximum atomic E-state index is 12.0. The molecule has 0 aromatic heterocycles. The molecular weight excluding hydrogens is 297 g/mol. The van der Waals surface area contributed by atoms with Crippen LogP contribution >= 0.6 is 0 Å².